The Morgan fingerprint density at radius 1 is 0.853 bits per heavy atom. The SMILES string of the molecule is CC(C)C1(Oc2ccc([S+](c3ccccc3)c3ccccc3)cc2F)CC2CC1C1CCCC21. The molecule has 0 spiro atoms. The maximum Gasteiger partial charge on any atom is 0.170 e. The van der Waals surface area contributed by atoms with E-state index in [1.54, 1.807) is 6.07 Å². The summed E-state index contributed by atoms with van der Waals surface area (Å²) in [6.45, 7) is 4.55. The lowest BCUT2D eigenvalue weighted by atomic mass is 9.68. The van der Waals surface area contributed by atoms with Crippen LogP contribution in [0.15, 0.2) is 93.5 Å². The summed E-state index contributed by atoms with van der Waals surface area (Å²) >= 11 is 0. The molecule has 3 aliphatic carbocycles. The lowest BCUT2D eigenvalue weighted by Crippen LogP contribution is -2.50. The highest BCUT2D eigenvalue weighted by Gasteiger charge is 2.63. The van der Waals surface area contributed by atoms with Crippen molar-refractivity contribution in [3.8, 4) is 5.75 Å². The molecule has 176 valence electrons. The van der Waals surface area contributed by atoms with Gasteiger partial charge < -0.3 is 4.74 Å². The van der Waals surface area contributed by atoms with Gasteiger partial charge in [0, 0.05) is 12.0 Å². The maximum atomic E-state index is 15.7. The van der Waals surface area contributed by atoms with E-state index in [1.165, 1.54) is 35.5 Å². The molecule has 5 atom stereocenters. The average molecular weight is 474 g/mol. The van der Waals surface area contributed by atoms with Crippen LogP contribution in [0.1, 0.15) is 46.0 Å². The summed E-state index contributed by atoms with van der Waals surface area (Å²) in [5.74, 6) is 3.61. The molecule has 0 aliphatic heterocycles. The number of ether oxygens (including phenoxy) is 1. The zero-order chi connectivity index (χ0) is 23.3. The summed E-state index contributed by atoms with van der Waals surface area (Å²) < 4.78 is 22.5. The van der Waals surface area contributed by atoms with Crippen LogP contribution < -0.4 is 4.74 Å². The van der Waals surface area contributed by atoms with E-state index in [2.05, 4.69) is 68.4 Å². The second-order valence-corrected chi connectivity index (χ2v) is 12.8. The summed E-state index contributed by atoms with van der Waals surface area (Å²) in [7, 11) is -0.357. The average Bonchev–Trinajstić information content (AvgIpc) is 3.56. The van der Waals surface area contributed by atoms with Crippen molar-refractivity contribution in [1.82, 2.24) is 0 Å². The third-order valence-electron chi connectivity index (χ3n) is 8.89. The van der Waals surface area contributed by atoms with Crippen molar-refractivity contribution >= 4 is 10.9 Å². The van der Waals surface area contributed by atoms with Gasteiger partial charge in [-0.05, 0) is 85.8 Å². The molecule has 3 aromatic carbocycles. The summed E-state index contributed by atoms with van der Waals surface area (Å²) in [4.78, 5) is 3.38. The minimum Gasteiger partial charge on any atom is -0.484 e. The lowest BCUT2D eigenvalue weighted by Gasteiger charge is -2.45. The van der Waals surface area contributed by atoms with Gasteiger partial charge in [-0.1, -0.05) is 56.7 Å². The predicted octanol–water partition coefficient (Wildman–Crippen LogP) is 8.15. The Kier molecular flexibility index (Phi) is 5.72. The molecular formula is C31H34FOS+. The standard InChI is InChI=1S/C31H34FOS/c1-21(2)31(20-22-18-28(31)27-15-9-14-26(22)27)33-30-17-16-25(19-29(30)32)34(23-10-5-3-6-11-23)24-12-7-4-8-13-24/h3-8,10-13,16-17,19,21-22,26-28H,9,14-15,18,20H2,1-2H3/q+1. The second-order valence-electron chi connectivity index (χ2n) is 10.8. The van der Waals surface area contributed by atoms with E-state index in [-0.39, 0.29) is 22.3 Å². The van der Waals surface area contributed by atoms with Gasteiger partial charge in [0.15, 0.2) is 26.3 Å². The quantitative estimate of drug-likeness (QED) is 0.328. The summed E-state index contributed by atoms with van der Waals surface area (Å²) in [6.07, 6.45) is 6.46. The van der Waals surface area contributed by atoms with Gasteiger partial charge in [0.25, 0.3) is 0 Å². The second kappa shape index (κ2) is 8.75. The van der Waals surface area contributed by atoms with E-state index < -0.39 is 0 Å². The molecule has 0 radical (unpaired) electrons. The number of benzene rings is 3. The van der Waals surface area contributed by atoms with Gasteiger partial charge in [-0.3, -0.25) is 0 Å². The van der Waals surface area contributed by atoms with Crippen molar-refractivity contribution in [2.75, 3.05) is 0 Å². The molecule has 1 nitrogen and oxygen atoms in total. The largest absolute Gasteiger partial charge is 0.484 e. The Morgan fingerprint density at radius 3 is 2.12 bits per heavy atom. The molecule has 2 bridgehead atoms. The van der Waals surface area contributed by atoms with E-state index in [4.69, 9.17) is 4.74 Å². The van der Waals surface area contributed by atoms with Crippen LogP contribution in [0.2, 0.25) is 0 Å². The Labute approximate surface area is 206 Å². The van der Waals surface area contributed by atoms with Crippen LogP contribution in [0.25, 0.3) is 0 Å². The van der Waals surface area contributed by atoms with Crippen LogP contribution in [-0.2, 0) is 10.9 Å². The van der Waals surface area contributed by atoms with Crippen LogP contribution in [0.3, 0.4) is 0 Å². The minimum absolute atomic E-state index is 0.223. The minimum atomic E-state index is -0.357. The fraction of sp³-hybridized carbons (Fsp3) is 0.419. The number of fused-ring (bicyclic) bond motifs is 5. The topological polar surface area (TPSA) is 9.23 Å². The van der Waals surface area contributed by atoms with Gasteiger partial charge in [0.05, 0.1) is 10.9 Å². The molecule has 0 N–H and O–H groups in total. The highest BCUT2D eigenvalue weighted by Crippen LogP contribution is 2.65. The fourth-order valence-corrected chi connectivity index (χ4v) is 9.55. The molecule has 3 heteroatoms. The fourth-order valence-electron chi connectivity index (χ4n) is 7.45. The van der Waals surface area contributed by atoms with Gasteiger partial charge in [-0.2, -0.15) is 0 Å². The Hall–Kier alpha value is -2.26. The Balaban J connectivity index is 1.33. The van der Waals surface area contributed by atoms with Crippen LogP contribution in [0, 0.1) is 35.4 Å². The van der Waals surface area contributed by atoms with Crippen LogP contribution in [0.5, 0.6) is 5.75 Å². The number of hydrogen-bond donors (Lipinski definition) is 0. The van der Waals surface area contributed by atoms with Crippen molar-refractivity contribution in [1.29, 1.82) is 0 Å². The van der Waals surface area contributed by atoms with Gasteiger partial charge in [0.2, 0.25) is 0 Å². The van der Waals surface area contributed by atoms with Crippen LogP contribution >= 0.6 is 0 Å². The van der Waals surface area contributed by atoms with Gasteiger partial charge in [-0.15, -0.1) is 0 Å². The molecule has 3 saturated carbocycles. The van der Waals surface area contributed by atoms with Crippen LogP contribution in [-0.4, -0.2) is 5.60 Å². The smallest absolute Gasteiger partial charge is 0.170 e. The van der Waals surface area contributed by atoms with Crippen molar-refractivity contribution in [3.63, 3.8) is 0 Å². The molecule has 0 heterocycles. The molecule has 3 fully saturated rings. The molecule has 5 unspecified atom stereocenters. The first-order chi connectivity index (χ1) is 16.6. The lowest BCUT2D eigenvalue weighted by molar-refractivity contribution is -0.0605. The first kappa shape index (κ1) is 22.2. The predicted molar refractivity (Wildman–Crippen MR) is 137 cm³/mol. The van der Waals surface area contributed by atoms with Gasteiger partial charge in [0.1, 0.15) is 5.60 Å². The first-order valence-corrected chi connectivity index (χ1v) is 14.1. The van der Waals surface area contributed by atoms with Crippen LogP contribution in [0.4, 0.5) is 4.39 Å². The molecule has 34 heavy (non-hydrogen) atoms. The molecule has 3 aromatic rings. The zero-order valence-electron chi connectivity index (χ0n) is 20.1. The summed E-state index contributed by atoms with van der Waals surface area (Å²) in [5.41, 5.74) is -0.223. The van der Waals surface area contributed by atoms with E-state index >= 15 is 4.39 Å². The molecule has 0 aromatic heterocycles. The normalized spacial score (nSPS) is 29.7. The van der Waals surface area contributed by atoms with E-state index in [0.717, 1.165) is 29.1 Å². The maximum absolute atomic E-state index is 15.7. The molecule has 0 saturated heterocycles. The summed E-state index contributed by atoms with van der Waals surface area (Å²) in [5, 5.41) is 0. The van der Waals surface area contributed by atoms with E-state index in [0.29, 0.717) is 17.6 Å². The first-order valence-electron chi connectivity index (χ1n) is 12.9. The monoisotopic (exact) mass is 473 g/mol. The summed E-state index contributed by atoms with van der Waals surface area (Å²) in [6, 6.07) is 26.6. The molecule has 3 aliphatic rings. The highest BCUT2D eigenvalue weighted by molar-refractivity contribution is 7.97. The van der Waals surface area contributed by atoms with Crippen molar-refractivity contribution < 1.29 is 9.13 Å². The molecule has 0 amide bonds. The van der Waals surface area contributed by atoms with Crippen molar-refractivity contribution in [2.45, 2.75) is 66.2 Å². The van der Waals surface area contributed by atoms with E-state index in [1.807, 2.05) is 18.2 Å². The zero-order valence-corrected chi connectivity index (χ0v) is 20.9. The number of halogens is 1. The Bertz CT molecular complexity index is 1110. The number of rotatable bonds is 6. The number of hydrogen-bond acceptors (Lipinski definition) is 1. The van der Waals surface area contributed by atoms with Crippen molar-refractivity contribution in [2.24, 2.45) is 29.6 Å². The van der Waals surface area contributed by atoms with Crippen molar-refractivity contribution in [3.05, 3.63) is 84.7 Å². The van der Waals surface area contributed by atoms with Gasteiger partial charge in [-0.25, -0.2) is 4.39 Å². The molecule has 6 rings (SSSR count). The Morgan fingerprint density at radius 2 is 1.50 bits per heavy atom. The van der Waals surface area contributed by atoms with E-state index in [9.17, 15) is 0 Å². The molecular weight excluding hydrogens is 439 g/mol. The third kappa shape index (κ3) is 3.59. The van der Waals surface area contributed by atoms with Gasteiger partial charge >= 0.3 is 0 Å². The highest BCUT2D eigenvalue weighted by atomic mass is 32.2. The third-order valence-corrected chi connectivity index (χ3v) is 11.1.